The van der Waals surface area contributed by atoms with Crippen molar-refractivity contribution in [1.29, 1.82) is 0 Å². The third-order valence-corrected chi connectivity index (χ3v) is 3.94. The Kier molecular flexibility index (Phi) is 4.14. The molecule has 0 saturated heterocycles. The molecule has 1 aliphatic rings. The third kappa shape index (κ3) is 3.21. The van der Waals surface area contributed by atoms with E-state index in [1.807, 2.05) is 6.07 Å². The smallest absolute Gasteiger partial charge is 0.122 e. The Hall–Kier alpha value is -1.96. The van der Waals surface area contributed by atoms with Gasteiger partial charge in [-0.15, -0.1) is 0 Å². The predicted molar refractivity (Wildman–Crippen MR) is 85.4 cm³/mol. The van der Waals surface area contributed by atoms with E-state index in [-0.39, 0.29) is 0 Å². The summed E-state index contributed by atoms with van der Waals surface area (Å²) < 4.78 is 11.5. The maximum absolute atomic E-state index is 5.99. The van der Waals surface area contributed by atoms with Crippen LogP contribution in [0.15, 0.2) is 42.5 Å². The molecule has 0 bridgehead atoms. The van der Waals surface area contributed by atoms with Gasteiger partial charge in [-0.25, -0.2) is 0 Å². The molecule has 2 heteroatoms. The first kappa shape index (κ1) is 14.0. The van der Waals surface area contributed by atoms with E-state index in [1.165, 1.54) is 16.7 Å². The van der Waals surface area contributed by atoms with E-state index in [9.17, 15) is 0 Å². The van der Waals surface area contributed by atoms with Gasteiger partial charge in [-0.05, 0) is 34.7 Å². The number of para-hydroxylation sites is 1. The third-order valence-electron chi connectivity index (χ3n) is 3.94. The van der Waals surface area contributed by atoms with E-state index < -0.39 is 0 Å². The Morgan fingerprint density at radius 2 is 2.00 bits per heavy atom. The molecule has 0 N–H and O–H groups in total. The van der Waals surface area contributed by atoms with Gasteiger partial charge in [0, 0.05) is 12.8 Å². The van der Waals surface area contributed by atoms with Gasteiger partial charge >= 0.3 is 0 Å². The van der Waals surface area contributed by atoms with Gasteiger partial charge < -0.3 is 9.47 Å². The summed E-state index contributed by atoms with van der Waals surface area (Å²) in [5.41, 5.74) is 3.93. The minimum absolute atomic E-state index is 0.485. The number of fused-ring (bicyclic) bond motifs is 1. The SMILES string of the molecule is CC(C)c1ccccc1OCCc1ccc2c(c1)CCO2. The van der Waals surface area contributed by atoms with Crippen molar-refractivity contribution in [2.75, 3.05) is 13.2 Å². The summed E-state index contributed by atoms with van der Waals surface area (Å²) in [6.45, 7) is 5.92. The molecule has 3 rings (SSSR count). The Morgan fingerprint density at radius 3 is 2.86 bits per heavy atom. The first-order valence-corrected chi connectivity index (χ1v) is 7.70. The quantitative estimate of drug-likeness (QED) is 0.811. The van der Waals surface area contributed by atoms with E-state index >= 15 is 0 Å². The van der Waals surface area contributed by atoms with Crippen LogP contribution in [0.2, 0.25) is 0 Å². The molecule has 0 amide bonds. The minimum atomic E-state index is 0.485. The van der Waals surface area contributed by atoms with Crippen molar-refractivity contribution in [2.45, 2.75) is 32.6 Å². The van der Waals surface area contributed by atoms with Crippen LogP contribution in [0.4, 0.5) is 0 Å². The van der Waals surface area contributed by atoms with E-state index in [0.717, 1.165) is 30.9 Å². The molecule has 0 aromatic heterocycles. The van der Waals surface area contributed by atoms with Gasteiger partial charge in [0.25, 0.3) is 0 Å². The molecule has 1 aliphatic heterocycles. The van der Waals surface area contributed by atoms with E-state index in [1.54, 1.807) is 0 Å². The fourth-order valence-corrected chi connectivity index (χ4v) is 2.76. The molecular formula is C19H22O2. The average molecular weight is 282 g/mol. The normalized spacial score (nSPS) is 13.1. The lowest BCUT2D eigenvalue weighted by Gasteiger charge is -2.14. The Morgan fingerprint density at radius 1 is 1.14 bits per heavy atom. The zero-order valence-electron chi connectivity index (χ0n) is 12.8. The van der Waals surface area contributed by atoms with E-state index in [4.69, 9.17) is 9.47 Å². The molecule has 0 spiro atoms. The molecule has 0 aliphatic carbocycles. The molecule has 0 unspecified atom stereocenters. The van der Waals surface area contributed by atoms with Crippen molar-refractivity contribution < 1.29 is 9.47 Å². The summed E-state index contributed by atoms with van der Waals surface area (Å²) in [5, 5.41) is 0. The lowest BCUT2D eigenvalue weighted by molar-refractivity contribution is 0.317. The van der Waals surface area contributed by atoms with Crippen molar-refractivity contribution in [1.82, 2.24) is 0 Å². The first-order valence-electron chi connectivity index (χ1n) is 7.70. The van der Waals surface area contributed by atoms with Crippen LogP contribution in [0.1, 0.15) is 36.5 Å². The van der Waals surface area contributed by atoms with Gasteiger partial charge in [0.15, 0.2) is 0 Å². The number of hydrogen-bond donors (Lipinski definition) is 0. The van der Waals surface area contributed by atoms with Crippen molar-refractivity contribution in [2.24, 2.45) is 0 Å². The first-order chi connectivity index (χ1) is 10.2. The van der Waals surface area contributed by atoms with Crippen LogP contribution in [-0.2, 0) is 12.8 Å². The summed E-state index contributed by atoms with van der Waals surface area (Å²) in [5.74, 6) is 2.54. The van der Waals surface area contributed by atoms with Crippen LogP contribution in [0.3, 0.4) is 0 Å². The van der Waals surface area contributed by atoms with Crippen LogP contribution in [0, 0.1) is 0 Å². The standard InChI is InChI=1S/C19H22O2/c1-14(2)17-5-3-4-6-19(17)21-11-9-15-7-8-18-16(13-15)10-12-20-18/h3-8,13-14H,9-12H2,1-2H3. The second-order valence-electron chi connectivity index (χ2n) is 5.83. The summed E-state index contributed by atoms with van der Waals surface area (Å²) in [6, 6.07) is 14.8. The fourth-order valence-electron chi connectivity index (χ4n) is 2.76. The highest BCUT2D eigenvalue weighted by molar-refractivity contribution is 5.40. The highest BCUT2D eigenvalue weighted by atomic mass is 16.5. The maximum Gasteiger partial charge on any atom is 0.122 e. The van der Waals surface area contributed by atoms with Gasteiger partial charge in [0.05, 0.1) is 13.2 Å². The topological polar surface area (TPSA) is 18.5 Å². The maximum atomic E-state index is 5.99. The highest BCUT2D eigenvalue weighted by Gasteiger charge is 2.12. The Balaban J connectivity index is 1.61. The second kappa shape index (κ2) is 6.21. The van der Waals surface area contributed by atoms with Crippen LogP contribution >= 0.6 is 0 Å². The van der Waals surface area contributed by atoms with Crippen LogP contribution in [-0.4, -0.2) is 13.2 Å². The van der Waals surface area contributed by atoms with Crippen molar-refractivity contribution in [3.63, 3.8) is 0 Å². The molecule has 21 heavy (non-hydrogen) atoms. The summed E-state index contributed by atoms with van der Waals surface area (Å²) >= 11 is 0. The molecule has 0 saturated carbocycles. The van der Waals surface area contributed by atoms with E-state index in [2.05, 4.69) is 50.2 Å². The molecule has 2 nitrogen and oxygen atoms in total. The number of rotatable bonds is 5. The number of hydrogen-bond acceptors (Lipinski definition) is 2. The predicted octanol–water partition coefficient (Wildman–Crippen LogP) is 4.37. The zero-order valence-corrected chi connectivity index (χ0v) is 12.8. The molecule has 2 aromatic carbocycles. The van der Waals surface area contributed by atoms with Gasteiger partial charge in [-0.2, -0.15) is 0 Å². The van der Waals surface area contributed by atoms with Crippen molar-refractivity contribution in [3.05, 3.63) is 59.2 Å². The van der Waals surface area contributed by atoms with Gasteiger partial charge in [-0.3, -0.25) is 0 Å². The average Bonchev–Trinajstić information content (AvgIpc) is 2.95. The van der Waals surface area contributed by atoms with Gasteiger partial charge in [0.2, 0.25) is 0 Å². The van der Waals surface area contributed by atoms with Gasteiger partial charge in [0.1, 0.15) is 11.5 Å². The van der Waals surface area contributed by atoms with Crippen molar-refractivity contribution >= 4 is 0 Å². The molecule has 2 aromatic rings. The second-order valence-corrected chi connectivity index (χ2v) is 5.83. The largest absolute Gasteiger partial charge is 0.493 e. The van der Waals surface area contributed by atoms with Crippen LogP contribution in [0.25, 0.3) is 0 Å². The molecule has 110 valence electrons. The van der Waals surface area contributed by atoms with Crippen LogP contribution in [0.5, 0.6) is 11.5 Å². The van der Waals surface area contributed by atoms with Gasteiger partial charge in [-0.1, -0.05) is 44.2 Å². The molecular weight excluding hydrogens is 260 g/mol. The summed E-state index contributed by atoms with van der Waals surface area (Å²) in [7, 11) is 0. The molecule has 1 heterocycles. The lowest BCUT2D eigenvalue weighted by atomic mass is 10.0. The number of benzene rings is 2. The molecule has 0 radical (unpaired) electrons. The summed E-state index contributed by atoms with van der Waals surface area (Å²) in [4.78, 5) is 0. The summed E-state index contributed by atoms with van der Waals surface area (Å²) in [6.07, 6.45) is 1.96. The monoisotopic (exact) mass is 282 g/mol. The molecule has 0 fully saturated rings. The zero-order chi connectivity index (χ0) is 14.7. The van der Waals surface area contributed by atoms with E-state index in [0.29, 0.717) is 12.5 Å². The Labute approximate surface area is 126 Å². The molecule has 0 atom stereocenters. The lowest BCUT2D eigenvalue weighted by Crippen LogP contribution is -2.04. The van der Waals surface area contributed by atoms with Crippen LogP contribution < -0.4 is 9.47 Å². The number of ether oxygens (including phenoxy) is 2. The Bertz CT molecular complexity index is 617. The highest BCUT2D eigenvalue weighted by Crippen LogP contribution is 2.27. The minimum Gasteiger partial charge on any atom is -0.493 e. The fraction of sp³-hybridized carbons (Fsp3) is 0.368. The van der Waals surface area contributed by atoms with Crippen molar-refractivity contribution in [3.8, 4) is 11.5 Å².